The topological polar surface area (TPSA) is 64.9 Å². The van der Waals surface area contributed by atoms with Gasteiger partial charge in [-0.1, -0.05) is 0 Å². The lowest BCUT2D eigenvalue weighted by Gasteiger charge is -2.03. The molecule has 7 heteroatoms. The van der Waals surface area contributed by atoms with Gasteiger partial charge in [0.05, 0.1) is 19.8 Å². The van der Waals surface area contributed by atoms with Gasteiger partial charge in [-0.2, -0.15) is 4.98 Å². The molecule has 0 bridgehead atoms. The number of fused-ring (bicyclic) bond motifs is 2. The molecule has 0 unspecified atom stereocenters. The van der Waals surface area contributed by atoms with E-state index >= 15 is 0 Å². The van der Waals surface area contributed by atoms with Gasteiger partial charge in [0.15, 0.2) is 4.96 Å². The van der Waals surface area contributed by atoms with Crippen molar-refractivity contribution >= 4 is 39.5 Å². The summed E-state index contributed by atoms with van der Waals surface area (Å²) in [6.07, 6.45) is 3.70. The SMILES string of the molecule is COc1ccc2c(c1)C(=Cc1c(OC)nc3sccn13)C(=O)N2. The Bertz CT molecular complexity index is 955. The van der Waals surface area contributed by atoms with Gasteiger partial charge in [0.2, 0.25) is 5.88 Å². The van der Waals surface area contributed by atoms with Crippen LogP contribution in [0.15, 0.2) is 29.8 Å². The third-order valence-electron chi connectivity index (χ3n) is 3.75. The molecule has 6 nitrogen and oxygen atoms in total. The molecule has 0 saturated carbocycles. The van der Waals surface area contributed by atoms with Crippen molar-refractivity contribution in [3.8, 4) is 11.6 Å². The molecule has 1 aliphatic rings. The number of hydrogen-bond acceptors (Lipinski definition) is 5. The molecule has 1 amide bonds. The monoisotopic (exact) mass is 327 g/mol. The van der Waals surface area contributed by atoms with Crippen molar-refractivity contribution in [1.82, 2.24) is 9.38 Å². The molecule has 3 aromatic rings. The van der Waals surface area contributed by atoms with E-state index in [0.29, 0.717) is 17.2 Å². The molecule has 3 heterocycles. The van der Waals surface area contributed by atoms with Crippen LogP contribution in [0.4, 0.5) is 5.69 Å². The number of rotatable bonds is 3. The van der Waals surface area contributed by atoms with Crippen LogP contribution in [0.3, 0.4) is 0 Å². The number of carbonyl (C=O) groups excluding carboxylic acids is 1. The van der Waals surface area contributed by atoms with Gasteiger partial charge in [-0.3, -0.25) is 9.20 Å². The van der Waals surface area contributed by atoms with E-state index in [0.717, 1.165) is 21.9 Å². The molecule has 1 N–H and O–H groups in total. The molecule has 0 spiro atoms. The van der Waals surface area contributed by atoms with Crippen LogP contribution in [0, 0.1) is 0 Å². The van der Waals surface area contributed by atoms with Crippen LogP contribution in [0.1, 0.15) is 11.3 Å². The molecular formula is C16H13N3O3S. The van der Waals surface area contributed by atoms with Crippen molar-refractivity contribution in [1.29, 1.82) is 0 Å². The molecule has 116 valence electrons. The van der Waals surface area contributed by atoms with Crippen molar-refractivity contribution in [2.45, 2.75) is 0 Å². The average Bonchev–Trinajstić information content (AvgIpc) is 3.22. The zero-order valence-electron chi connectivity index (χ0n) is 12.5. The van der Waals surface area contributed by atoms with Gasteiger partial charge in [0.1, 0.15) is 11.4 Å². The van der Waals surface area contributed by atoms with Gasteiger partial charge in [0, 0.05) is 22.8 Å². The van der Waals surface area contributed by atoms with Gasteiger partial charge in [-0.25, -0.2) is 0 Å². The maximum Gasteiger partial charge on any atom is 0.256 e. The molecule has 1 aromatic carbocycles. The fourth-order valence-electron chi connectivity index (χ4n) is 2.64. The Kier molecular flexibility index (Phi) is 3.09. The first-order chi connectivity index (χ1) is 11.2. The summed E-state index contributed by atoms with van der Waals surface area (Å²) in [7, 11) is 3.17. The minimum absolute atomic E-state index is 0.152. The van der Waals surface area contributed by atoms with Gasteiger partial charge in [0.25, 0.3) is 5.91 Å². The van der Waals surface area contributed by atoms with Crippen LogP contribution < -0.4 is 14.8 Å². The van der Waals surface area contributed by atoms with Crippen molar-refractivity contribution in [2.75, 3.05) is 19.5 Å². The smallest absolute Gasteiger partial charge is 0.256 e. The van der Waals surface area contributed by atoms with Crippen molar-refractivity contribution in [3.05, 3.63) is 41.0 Å². The minimum Gasteiger partial charge on any atom is -0.497 e. The van der Waals surface area contributed by atoms with Crippen LogP contribution >= 0.6 is 11.3 Å². The summed E-state index contributed by atoms with van der Waals surface area (Å²) < 4.78 is 12.5. The van der Waals surface area contributed by atoms with Gasteiger partial charge in [-0.05, 0) is 24.3 Å². The van der Waals surface area contributed by atoms with Crippen LogP contribution in [-0.2, 0) is 4.79 Å². The highest BCUT2D eigenvalue weighted by atomic mass is 32.1. The van der Waals surface area contributed by atoms with Crippen LogP contribution in [0.5, 0.6) is 11.6 Å². The summed E-state index contributed by atoms with van der Waals surface area (Å²) in [6.45, 7) is 0. The Morgan fingerprint density at radius 1 is 1.30 bits per heavy atom. The summed E-state index contributed by atoms with van der Waals surface area (Å²) in [5, 5.41) is 4.80. The highest BCUT2D eigenvalue weighted by molar-refractivity contribution is 7.15. The molecule has 0 atom stereocenters. The molecule has 0 radical (unpaired) electrons. The number of thiazole rings is 1. The Hall–Kier alpha value is -2.80. The summed E-state index contributed by atoms with van der Waals surface area (Å²) in [5.74, 6) is 1.04. The molecule has 0 saturated heterocycles. The van der Waals surface area contributed by atoms with E-state index in [-0.39, 0.29) is 5.91 Å². The van der Waals surface area contributed by atoms with E-state index in [1.165, 1.54) is 11.3 Å². The Morgan fingerprint density at radius 2 is 2.17 bits per heavy atom. The number of hydrogen-bond donors (Lipinski definition) is 1. The van der Waals surface area contributed by atoms with Gasteiger partial charge in [-0.15, -0.1) is 11.3 Å². The summed E-state index contributed by atoms with van der Waals surface area (Å²) in [5.41, 5.74) is 2.88. The molecule has 4 rings (SSSR count). The van der Waals surface area contributed by atoms with E-state index in [2.05, 4.69) is 10.3 Å². The number of aromatic nitrogens is 2. The minimum atomic E-state index is -0.152. The zero-order chi connectivity index (χ0) is 16.0. The highest BCUT2D eigenvalue weighted by Crippen LogP contribution is 2.37. The number of nitrogens with zero attached hydrogens (tertiary/aromatic N) is 2. The van der Waals surface area contributed by atoms with E-state index < -0.39 is 0 Å². The lowest BCUT2D eigenvalue weighted by molar-refractivity contribution is -0.110. The van der Waals surface area contributed by atoms with Crippen LogP contribution in [0.25, 0.3) is 16.6 Å². The van der Waals surface area contributed by atoms with E-state index in [1.807, 2.05) is 34.2 Å². The number of ether oxygens (including phenoxy) is 2. The lowest BCUT2D eigenvalue weighted by atomic mass is 10.1. The molecule has 0 fully saturated rings. The Morgan fingerprint density at radius 3 is 2.96 bits per heavy atom. The molecule has 1 aliphatic heterocycles. The molecule has 0 aliphatic carbocycles. The lowest BCUT2D eigenvalue weighted by Crippen LogP contribution is -2.03. The van der Waals surface area contributed by atoms with Crippen LogP contribution in [0.2, 0.25) is 0 Å². The number of carbonyl (C=O) groups is 1. The number of anilines is 1. The first-order valence-corrected chi connectivity index (χ1v) is 7.80. The number of benzene rings is 1. The maximum atomic E-state index is 12.3. The number of nitrogens with one attached hydrogen (secondary N) is 1. The second-order valence-corrected chi connectivity index (χ2v) is 5.86. The third-order valence-corrected chi connectivity index (χ3v) is 4.51. The van der Waals surface area contributed by atoms with Crippen LogP contribution in [-0.4, -0.2) is 29.5 Å². The predicted molar refractivity (Wildman–Crippen MR) is 89.1 cm³/mol. The predicted octanol–water partition coefficient (Wildman–Crippen LogP) is 2.91. The summed E-state index contributed by atoms with van der Waals surface area (Å²) in [6, 6.07) is 5.50. The van der Waals surface area contributed by atoms with Gasteiger partial charge < -0.3 is 14.8 Å². The largest absolute Gasteiger partial charge is 0.497 e. The quantitative estimate of drug-likeness (QED) is 0.751. The van der Waals surface area contributed by atoms with E-state index in [4.69, 9.17) is 9.47 Å². The molecule has 2 aromatic heterocycles. The fourth-order valence-corrected chi connectivity index (χ4v) is 3.35. The van der Waals surface area contributed by atoms with E-state index in [1.54, 1.807) is 20.3 Å². The van der Waals surface area contributed by atoms with Crippen molar-refractivity contribution in [2.24, 2.45) is 0 Å². The zero-order valence-corrected chi connectivity index (χ0v) is 13.3. The Labute approximate surface area is 136 Å². The van der Waals surface area contributed by atoms with Crippen molar-refractivity contribution < 1.29 is 14.3 Å². The van der Waals surface area contributed by atoms with Gasteiger partial charge >= 0.3 is 0 Å². The summed E-state index contributed by atoms with van der Waals surface area (Å²) >= 11 is 1.51. The average molecular weight is 327 g/mol. The fraction of sp³-hybridized carbons (Fsp3) is 0.125. The first-order valence-electron chi connectivity index (χ1n) is 6.92. The Balaban J connectivity index is 1.91. The highest BCUT2D eigenvalue weighted by Gasteiger charge is 2.26. The first kappa shape index (κ1) is 13.8. The normalized spacial score (nSPS) is 15.0. The number of imidazole rings is 1. The molecular weight excluding hydrogens is 314 g/mol. The second kappa shape index (κ2) is 5.13. The molecule has 23 heavy (non-hydrogen) atoms. The standard InChI is InChI=1S/C16H13N3O3S/c1-21-9-3-4-12-10(7-9)11(14(20)17-12)8-13-15(22-2)18-16-19(13)5-6-23-16/h3-8H,1-2H3,(H,17,20). The summed E-state index contributed by atoms with van der Waals surface area (Å²) in [4.78, 5) is 17.6. The van der Waals surface area contributed by atoms with E-state index in [9.17, 15) is 4.79 Å². The number of methoxy groups -OCH3 is 2. The third kappa shape index (κ3) is 2.08. The van der Waals surface area contributed by atoms with Crippen molar-refractivity contribution in [3.63, 3.8) is 0 Å². The number of amides is 1. The maximum absolute atomic E-state index is 12.3. The second-order valence-electron chi connectivity index (χ2n) is 4.99.